The van der Waals surface area contributed by atoms with Gasteiger partial charge in [-0.2, -0.15) is 5.10 Å². The third kappa shape index (κ3) is 4.55. The van der Waals surface area contributed by atoms with Crippen molar-refractivity contribution < 1.29 is 13.9 Å². The van der Waals surface area contributed by atoms with Crippen molar-refractivity contribution in [2.75, 3.05) is 26.2 Å². The van der Waals surface area contributed by atoms with Crippen LogP contribution in [-0.4, -0.2) is 69.5 Å². The van der Waals surface area contributed by atoms with Gasteiger partial charge < -0.3 is 19.9 Å². The molecule has 0 aliphatic carbocycles. The summed E-state index contributed by atoms with van der Waals surface area (Å²) in [7, 11) is 0. The van der Waals surface area contributed by atoms with Crippen molar-refractivity contribution in [3.8, 4) is 5.69 Å². The second kappa shape index (κ2) is 7.97. The van der Waals surface area contributed by atoms with Gasteiger partial charge in [0.15, 0.2) is 5.96 Å². The number of aromatic nitrogens is 2. The summed E-state index contributed by atoms with van der Waals surface area (Å²) in [6.07, 6.45) is 1.58. The molecule has 1 saturated heterocycles. The Morgan fingerprint density at radius 1 is 1.23 bits per heavy atom. The third-order valence-electron chi connectivity index (χ3n) is 5.02. The number of hydrogen-bond acceptors (Lipinski definition) is 6. The maximum atomic E-state index is 13.1. The van der Waals surface area contributed by atoms with Crippen molar-refractivity contribution in [1.29, 1.82) is 0 Å². The quantitative estimate of drug-likeness (QED) is 0.835. The molecule has 1 N–H and O–H groups in total. The highest BCUT2D eigenvalue weighted by Crippen LogP contribution is 2.19. The molecular formula is C21H27FN6O2. The number of carbonyl (C=O) groups excluding carboxylic acids is 1. The van der Waals surface area contributed by atoms with E-state index in [1.54, 1.807) is 21.7 Å². The number of fused-ring (bicyclic) bond motifs is 1. The fourth-order valence-corrected chi connectivity index (χ4v) is 3.59. The predicted octanol–water partition coefficient (Wildman–Crippen LogP) is 2.39. The van der Waals surface area contributed by atoms with Gasteiger partial charge in [0, 0.05) is 25.8 Å². The number of carbonyl (C=O) groups is 1. The SMILES string of the molecule is CC(C)(C)OC(=O)N1CCN2C(NCc3ccn(-c4ccc(F)cc4)n3)=NCC2C1. The molecule has 2 aromatic rings. The van der Waals surface area contributed by atoms with Gasteiger partial charge in [0.2, 0.25) is 0 Å². The molecule has 1 atom stereocenters. The minimum atomic E-state index is -0.496. The molecule has 2 aliphatic heterocycles. The van der Waals surface area contributed by atoms with Crippen LogP contribution < -0.4 is 5.32 Å². The van der Waals surface area contributed by atoms with Crippen molar-refractivity contribution in [3.63, 3.8) is 0 Å². The number of nitrogens with zero attached hydrogens (tertiary/aromatic N) is 5. The minimum absolute atomic E-state index is 0.158. The van der Waals surface area contributed by atoms with Gasteiger partial charge in [-0.3, -0.25) is 4.99 Å². The molecular weight excluding hydrogens is 387 g/mol. The number of benzene rings is 1. The fraction of sp³-hybridized carbons (Fsp3) is 0.476. The standard InChI is InChI=1S/C21H27FN6O2/c1-21(2,3)30-20(29)26-10-11-27-18(14-26)13-24-19(27)23-12-16-8-9-28(25-16)17-6-4-15(22)5-7-17/h4-9,18H,10-14H2,1-3H3,(H,23,24). The van der Waals surface area contributed by atoms with Gasteiger partial charge in [-0.05, 0) is 51.1 Å². The minimum Gasteiger partial charge on any atom is -0.444 e. The van der Waals surface area contributed by atoms with Crippen LogP contribution in [0.4, 0.5) is 9.18 Å². The van der Waals surface area contributed by atoms with Crippen LogP contribution in [0.1, 0.15) is 26.5 Å². The van der Waals surface area contributed by atoms with Gasteiger partial charge in [-0.25, -0.2) is 13.9 Å². The molecule has 9 heteroatoms. The molecule has 0 saturated carbocycles. The number of ether oxygens (including phenoxy) is 1. The van der Waals surface area contributed by atoms with Crippen molar-refractivity contribution in [1.82, 2.24) is 24.9 Å². The smallest absolute Gasteiger partial charge is 0.410 e. The van der Waals surface area contributed by atoms with Crippen LogP contribution >= 0.6 is 0 Å². The number of halogens is 1. The zero-order chi connectivity index (χ0) is 21.3. The summed E-state index contributed by atoms with van der Waals surface area (Å²) < 4.78 is 20.3. The lowest BCUT2D eigenvalue weighted by Crippen LogP contribution is -2.57. The molecule has 0 radical (unpaired) electrons. The Morgan fingerprint density at radius 3 is 2.73 bits per heavy atom. The molecule has 0 spiro atoms. The molecule has 8 nitrogen and oxygen atoms in total. The molecule has 3 heterocycles. The average molecular weight is 414 g/mol. The monoisotopic (exact) mass is 414 g/mol. The third-order valence-corrected chi connectivity index (χ3v) is 5.02. The summed E-state index contributed by atoms with van der Waals surface area (Å²) >= 11 is 0. The first-order chi connectivity index (χ1) is 14.3. The number of rotatable bonds is 3. The largest absolute Gasteiger partial charge is 0.444 e. The lowest BCUT2D eigenvalue weighted by molar-refractivity contribution is 0.0137. The van der Waals surface area contributed by atoms with E-state index in [-0.39, 0.29) is 18.0 Å². The summed E-state index contributed by atoms with van der Waals surface area (Å²) in [6.45, 7) is 8.71. The van der Waals surface area contributed by atoms with E-state index in [1.165, 1.54) is 12.1 Å². The number of amides is 1. The molecule has 0 bridgehead atoms. The Bertz CT molecular complexity index is 934. The van der Waals surface area contributed by atoms with E-state index in [0.717, 1.165) is 17.3 Å². The molecule has 2 aliphatic rings. The Morgan fingerprint density at radius 2 is 2.00 bits per heavy atom. The normalized spacial score (nSPS) is 18.8. The highest BCUT2D eigenvalue weighted by atomic mass is 19.1. The second-order valence-electron chi connectivity index (χ2n) is 8.52. The summed E-state index contributed by atoms with van der Waals surface area (Å²) in [5.41, 5.74) is 1.17. The number of piperazine rings is 1. The van der Waals surface area contributed by atoms with Crippen molar-refractivity contribution in [2.45, 2.75) is 39.0 Å². The Balaban J connectivity index is 1.30. The van der Waals surface area contributed by atoms with E-state index >= 15 is 0 Å². The highest BCUT2D eigenvalue weighted by molar-refractivity contribution is 5.82. The van der Waals surface area contributed by atoms with Crippen LogP contribution in [0.25, 0.3) is 5.69 Å². The van der Waals surface area contributed by atoms with Gasteiger partial charge in [0.25, 0.3) is 0 Å². The summed E-state index contributed by atoms with van der Waals surface area (Å²) in [4.78, 5) is 20.9. The lowest BCUT2D eigenvalue weighted by atomic mass is 10.2. The van der Waals surface area contributed by atoms with Crippen LogP contribution in [0.3, 0.4) is 0 Å². The van der Waals surface area contributed by atoms with Crippen LogP contribution in [0.2, 0.25) is 0 Å². The maximum Gasteiger partial charge on any atom is 0.410 e. The molecule has 4 rings (SSSR count). The number of guanidine groups is 1. The predicted molar refractivity (Wildman–Crippen MR) is 111 cm³/mol. The summed E-state index contributed by atoms with van der Waals surface area (Å²) in [5, 5.41) is 7.89. The van der Waals surface area contributed by atoms with E-state index in [4.69, 9.17) is 4.74 Å². The summed E-state index contributed by atoms with van der Waals surface area (Å²) in [5.74, 6) is 0.563. The molecule has 1 aromatic heterocycles. The number of hydrogen-bond donors (Lipinski definition) is 1. The van der Waals surface area contributed by atoms with Gasteiger partial charge in [0.05, 0.1) is 30.5 Å². The Labute approximate surface area is 175 Å². The van der Waals surface area contributed by atoms with Gasteiger partial charge in [-0.1, -0.05) is 0 Å². The van der Waals surface area contributed by atoms with Crippen molar-refractivity contribution in [3.05, 3.63) is 48.0 Å². The Hall–Kier alpha value is -3.10. The van der Waals surface area contributed by atoms with Crippen LogP contribution in [-0.2, 0) is 11.3 Å². The average Bonchev–Trinajstić information content (AvgIpc) is 3.32. The highest BCUT2D eigenvalue weighted by Gasteiger charge is 2.36. The molecule has 30 heavy (non-hydrogen) atoms. The first-order valence-electron chi connectivity index (χ1n) is 10.1. The first-order valence-corrected chi connectivity index (χ1v) is 10.1. The van der Waals surface area contributed by atoms with Crippen molar-refractivity contribution >= 4 is 12.1 Å². The van der Waals surface area contributed by atoms with E-state index in [1.807, 2.05) is 33.0 Å². The zero-order valence-corrected chi connectivity index (χ0v) is 17.5. The molecule has 1 aromatic carbocycles. The van der Waals surface area contributed by atoms with Crippen LogP contribution in [0.15, 0.2) is 41.5 Å². The summed E-state index contributed by atoms with van der Waals surface area (Å²) in [6, 6.07) is 8.29. The second-order valence-corrected chi connectivity index (χ2v) is 8.52. The van der Waals surface area contributed by atoms with Gasteiger partial charge >= 0.3 is 6.09 Å². The van der Waals surface area contributed by atoms with Crippen LogP contribution in [0.5, 0.6) is 0 Å². The Kier molecular flexibility index (Phi) is 5.36. The maximum absolute atomic E-state index is 13.1. The molecule has 1 fully saturated rings. The van der Waals surface area contributed by atoms with E-state index in [9.17, 15) is 9.18 Å². The van der Waals surface area contributed by atoms with E-state index in [0.29, 0.717) is 32.7 Å². The molecule has 1 unspecified atom stereocenters. The fourth-order valence-electron chi connectivity index (χ4n) is 3.59. The molecule has 1 amide bonds. The zero-order valence-electron chi connectivity index (χ0n) is 17.5. The van der Waals surface area contributed by atoms with Gasteiger partial charge in [0.1, 0.15) is 11.4 Å². The lowest BCUT2D eigenvalue weighted by Gasteiger charge is -2.39. The number of nitrogens with one attached hydrogen (secondary N) is 1. The van der Waals surface area contributed by atoms with E-state index < -0.39 is 5.60 Å². The van der Waals surface area contributed by atoms with Crippen molar-refractivity contribution in [2.24, 2.45) is 4.99 Å². The van der Waals surface area contributed by atoms with E-state index in [2.05, 4.69) is 20.3 Å². The topological polar surface area (TPSA) is 75.0 Å². The van der Waals surface area contributed by atoms with Crippen LogP contribution in [0, 0.1) is 5.82 Å². The molecule has 160 valence electrons. The van der Waals surface area contributed by atoms with Gasteiger partial charge in [-0.15, -0.1) is 0 Å². The first kappa shape index (κ1) is 20.2. The number of aliphatic imine (C=N–C) groups is 1.